The van der Waals surface area contributed by atoms with E-state index in [0.717, 1.165) is 61.2 Å². The molecule has 2 aromatic carbocycles. The van der Waals surface area contributed by atoms with Gasteiger partial charge in [0.1, 0.15) is 5.92 Å². The highest BCUT2D eigenvalue weighted by Gasteiger charge is 2.49. The van der Waals surface area contributed by atoms with Crippen molar-refractivity contribution >= 4 is 23.3 Å². The van der Waals surface area contributed by atoms with Crippen molar-refractivity contribution in [2.75, 3.05) is 18.5 Å². The molecule has 2 aromatic rings. The predicted molar refractivity (Wildman–Crippen MR) is 145 cm³/mol. The lowest BCUT2D eigenvalue weighted by molar-refractivity contribution is -0.143. The van der Waals surface area contributed by atoms with Gasteiger partial charge in [-0.15, -0.1) is 0 Å². The molecule has 1 saturated heterocycles. The van der Waals surface area contributed by atoms with Crippen LogP contribution in [0.15, 0.2) is 59.8 Å². The number of benzene rings is 2. The van der Waals surface area contributed by atoms with E-state index in [2.05, 4.69) is 5.32 Å². The number of carbonyl (C=O) groups excluding carboxylic acids is 3. The van der Waals surface area contributed by atoms with Gasteiger partial charge >= 0.3 is 6.18 Å². The van der Waals surface area contributed by atoms with Crippen molar-refractivity contribution in [2.24, 2.45) is 5.92 Å². The summed E-state index contributed by atoms with van der Waals surface area (Å²) >= 11 is 0. The summed E-state index contributed by atoms with van der Waals surface area (Å²) in [7, 11) is 1.69. The van der Waals surface area contributed by atoms with Gasteiger partial charge in [-0.1, -0.05) is 49.6 Å². The molecule has 2 amide bonds. The zero-order valence-corrected chi connectivity index (χ0v) is 22.9. The van der Waals surface area contributed by atoms with E-state index in [1.165, 1.54) is 19.1 Å². The van der Waals surface area contributed by atoms with Crippen LogP contribution in [0.5, 0.6) is 0 Å². The largest absolute Gasteiger partial charge is 0.416 e. The number of Topliss-reactive ketones (excluding diaryl/α,β-unsaturated/α-hetero) is 1. The number of allylic oxidation sites excluding steroid dienone is 2. The van der Waals surface area contributed by atoms with Gasteiger partial charge in [0.15, 0.2) is 5.78 Å². The molecule has 5 rings (SSSR count). The van der Waals surface area contributed by atoms with E-state index in [9.17, 15) is 27.6 Å². The van der Waals surface area contributed by atoms with E-state index >= 15 is 0 Å². The number of hydrogen-bond donors (Lipinski definition) is 1. The van der Waals surface area contributed by atoms with Gasteiger partial charge in [-0.3, -0.25) is 19.3 Å². The van der Waals surface area contributed by atoms with E-state index in [1.807, 2.05) is 24.3 Å². The maximum absolute atomic E-state index is 14.3. The second-order valence-electron chi connectivity index (χ2n) is 11.1. The first-order valence-corrected chi connectivity index (χ1v) is 13.8. The number of amides is 2. The lowest BCUT2D eigenvalue weighted by Crippen LogP contribution is -2.53. The Morgan fingerprint density at radius 2 is 1.62 bits per heavy atom. The molecule has 212 valence electrons. The minimum atomic E-state index is -4.62. The first kappa shape index (κ1) is 28.1. The molecule has 2 heterocycles. The molecule has 1 N–H and O–H groups in total. The number of rotatable bonds is 6. The van der Waals surface area contributed by atoms with Crippen LogP contribution >= 0.6 is 0 Å². The lowest BCUT2D eigenvalue weighted by atomic mass is 9.73. The third-order valence-electron chi connectivity index (χ3n) is 8.51. The van der Waals surface area contributed by atoms with Crippen molar-refractivity contribution in [1.82, 2.24) is 10.2 Å². The summed E-state index contributed by atoms with van der Waals surface area (Å²) in [5.41, 5.74) is 1.28. The number of ketones is 1. The second-order valence-corrected chi connectivity index (χ2v) is 11.1. The standard InChI is InChI=1S/C31H34F3N3O3/c1-18-26(19(2)38)27(21-14-12-20(13-15-21)25-17-35-25)28(29(39)36(3)23-9-5-4-6-10-23)30(40)37(18)24-11-7-8-22(16-24)31(32,33)34/h7-8,11-16,23,25,27-28,35H,4-6,9-10,17H2,1-3H3/t25-,27?,28?/m1/s1. The van der Waals surface area contributed by atoms with Crippen LogP contribution in [0.2, 0.25) is 0 Å². The summed E-state index contributed by atoms with van der Waals surface area (Å²) in [5.74, 6) is -3.54. The fourth-order valence-corrected chi connectivity index (χ4v) is 6.28. The third kappa shape index (κ3) is 5.31. The highest BCUT2D eigenvalue weighted by Crippen LogP contribution is 2.45. The number of nitrogens with one attached hydrogen (secondary N) is 1. The summed E-state index contributed by atoms with van der Waals surface area (Å²) in [6.07, 6.45) is 0.0773. The van der Waals surface area contributed by atoms with Crippen molar-refractivity contribution in [1.29, 1.82) is 0 Å². The Kier molecular flexibility index (Phi) is 7.61. The number of nitrogens with zero attached hydrogens (tertiary/aromatic N) is 2. The van der Waals surface area contributed by atoms with Crippen LogP contribution in [0.3, 0.4) is 0 Å². The minimum Gasteiger partial charge on any atom is -0.342 e. The fraction of sp³-hybridized carbons (Fsp3) is 0.452. The van der Waals surface area contributed by atoms with Gasteiger partial charge in [0.25, 0.3) is 0 Å². The molecule has 3 atom stereocenters. The maximum atomic E-state index is 14.3. The van der Waals surface area contributed by atoms with Crippen LogP contribution in [-0.4, -0.2) is 42.1 Å². The van der Waals surface area contributed by atoms with Gasteiger partial charge in [-0.05, 0) is 56.0 Å². The van der Waals surface area contributed by atoms with Crippen LogP contribution in [-0.2, 0) is 20.6 Å². The zero-order valence-electron chi connectivity index (χ0n) is 22.9. The van der Waals surface area contributed by atoms with E-state index < -0.39 is 35.4 Å². The highest BCUT2D eigenvalue weighted by molar-refractivity contribution is 6.15. The first-order valence-electron chi connectivity index (χ1n) is 13.8. The molecule has 9 heteroatoms. The van der Waals surface area contributed by atoms with Gasteiger partial charge in [0.2, 0.25) is 11.8 Å². The molecule has 6 nitrogen and oxygen atoms in total. The number of anilines is 1. The molecule has 0 radical (unpaired) electrons. The van der Waals surface area contributed by atoms with Crippen LogP contribution in [0.1, 0.15) is 74.6 Å². The number of alkyl halides is 3. The number of hydrogen-bond acceptors (Lipinski definition) is 4. The van der Waals surface area contributed by atoms with Gasteiger partial charge < -0.3 is 10.2 Å². The summed E-state index contributed by atoms with van der Waals surface area (Å²) < 4.78 is 40.8. The smallest absolute Gasteiger partial charge is 0.342 e. The van der Waals surface area contributed by atoms with Crippen molar-refractivity contribution < 1.29 is 27.6 Å². The molecule has 0 spiro atoms. The SMILES string of the molecule is CC(=O)C1=C(C)N(c2cccc(C(F)(F)F)c2)C(=O)C(C(=O)N(C)C2CCCCC2)C1c1ccc([C@H]2CN2)cc1. The highest BCUT2D eigenvalue weighted by atomic mass is 19.4. The summed E-state index contributed by atoms with van der Waals surface area (Å²) in [6, 6.07) is 12.3. The van der Waals surface area contributed by atoms with E-state index in [0.29, 0.717) is 5.56 Å². The van der Waals surface area contributed by atoms with Gasteiger partial charge in [0.05, 0.1) is 5.56 Å². The quantitative estimate of drug-likeness (QED) is 0.365. The summed E-state index contributed by atoms with van der Waals surface area (Å²) in [6.45, 7) is 3.81. The van der Waals surface area contributed by atoms with E-state index in [-0.39, 0.29) is 34.8 Å². The fourth-order valence-electron chi connectivity index (χ4n) is 6.28. The van der Waals surface area contributed by atoms with Gasteiger partial charge in [-0.25, -0.2) is 0 Å². The van der Waals surface area contributed by atoms with Crippen molar-refractivity contribution in [3.05, 3.63) is 76.5 Å². The molecule has 0 bridgehead atoms. The molecule has 2 aliphatic heterocycles. The Balaban J connectivity index is 1.65. The molecular formula is C31H34F3N3O3. The van der Waals surface area contributed by atoms with Crippen LogP contribution in [0, 0.1) is 5.92 Å². The molecule has 3 aliphatic rings. The molecular weight excluding hydrogens is 519 g/mol. The van der Waals surface area contributed by atoms with E-state index in [1.54, 1.807) is 18.9 Å². The normalized spacial score (nSPS) is 23.8. The molecule has 40 heavy (non-hydrogen) atoms. The summed E-state index contributed by atoms with van der Waals surface area (Å²) in [4.78, 5) is 44.5. The second kappa shape index (κ2) is 10.8. The zero-order chi connectivity index (χ0) is 28.8. The number of carbonyl (C=O) groups is 3. The van der Waals surface area contributed by atoms with Crippen molar-refractivity contribution in [3.8, 4) is 0 Å². The first-order chi connectivity index (χ1) is 19.0. The van der Waals surface area contributed by atoms with Crippen LogP contribution < -0.4 is 10.2 Å². The van der Waals surface area contributed by atoms with Crippen LogP contribution in [0.25, 0.3) is 0 Å². The van der Waals surface area contributed by atoms with Crippen LogP contribution in [0.4, 0.5) is 18.9 Å². The molecule has 1 saturated carbocycles. The molecule has 2 fully saturated rings. The Labute approximate surface area is 232 Å². The average molecular weight is 554 g/mol. The maximum Gasteiger partial charge on any atom is 0.416 e. The third-order valence-corrected chi connectivity index (χ3v) is 8.51. The molecule has 2 unspecified atom stereocenters. The Hall–Kier alpha value is -3.46. The average Bonchev–Trinajstić information content (AvgIpc) is 3.78. The topological polar surface area (TPSA) is 79.6 Å². The lowest BCUT2D eigenvalue weighted by Gasteiger charge is -2.42. The Bertz CT molecular complexity index is 1340. The predicted octanol–water partition coefficient (Wildman–Crippen LogP) is 5.75. The van der Waals surface area contributed by atoms with E-state index in [4.69, 9.17) is 0 Å². The minimum absolute atomic E-state index is 0.0252. The Morgan fingerprint density at radius 3 is 2.20 bits per heavy atom. The monoisotopic (exact) mass is 553 g/mol. The molecule has 1 aliphatic carbocycles. The van der Waals surface area contributed by atoms with Crippen molar-refractivity contribution in [2.45, 2.75) is 70.1 Å². The van der Waals surface area contributed by atoms with Gasteiger partial charge in [-0.2, -0.15) is 13.2 Å². The Morgan fingerprint density at radius 1 is 1.00 bits per heavy atom. The summed E-state index contributed by atoms with van der Waals surface area (Å²) in [5, 5.41) is 3.24. The van der Waals surface area contributed by atoms with Crippen molar-refractivity contribution in [3.63, 3.8) is 0 Å². The number of halogens is 3. The van der Waals surface area contributed by atoms with Gasteiger partial charge in [0, 0.05) is 48.6 Å². The molecule has 0 aromatic heterocycles.